The van der Waals surface area contributed by atoms with Gasteiger partial charge < -0.3 is 10.6 Å². The average molecular weight is 416 g/mol. The van der Waals surface area contributed by atoms with Gasteiger partial charge in [0.15, 0.2) is 0 Å². The quantitative estimate of drug-likeness (QED) is 0.744. The van der Waals surface area contributed by atoms with Crippen molar-refractivity contribution in [1.82, 2.24) is 5.32 Å². The Morgan fingerprint density at radius 2 is 2.00 bits per heavy atom. The SMILES string of the molecule is Cc1cc(NC(=O)CNC(=O)CCc2ccc(Cl)s2)ccc1Br. The average Bonchev–Trinajstić information content (AvgIpc) is 2.92. The third kappa shape index (κ3) is 5.97. The Morgan fingerprint density at radius 1 is 1.22 bits per heavy atom. The summed E-state index contributed by atoms with van der Waals surface area (Å²) in [6.45, 7) is 1.90. The maximum Gasteiger partial charge on any atom is 0.243 e. The number of nitrogens with one attached hydrogen (secondary N) is 2. The summed E-state index contributed by atoms with van der Waals surface area (Å²) >= 11 is 10.7. The van der Waals surface area contributed by atoms with Crippen molar-refractivity contribution in [2.75, 3.05) is 11.9 Å². The van der Waals surface area contributed by atoms with Crippen molar-refractivity contribution in [2.24, 2.45) is 0 Å². The fraction of sp³-hybridized carbons (Fsp3) is 0.250. The molecule has 0 spiro atoms. The minimum atomic E-state index is -0.251. The molecule has 23 heavy (non-hydrogen) atoms. The Kier molecular flexibility index (Phi) is 6.62. The van der Waals surface area contributed by atoms with E-state index in [1.165, 1.54) is 11.3 Å². The van der Waals surface area contributed by atoms with Gasteiger partial charge in [0.1, 0.15) is 0 Å². The van der Waals surface area contributed by atoms with Crippen LogP contribution in [0.3, 0.4) is 0 Å². The van der Waals surface area contributed by atoms with Crippen molar-refractivity contribution in [2.45, 2.75) is 19.8 Å². The zero-order valence-corrected chi connectivity index (χ0v) is 15.6. The van der Waals surface area contributed by atoms with Gasteiger partial charge in [-0.15, -0.1) is 11.3 Å². The molecule has 0 saturated carbocycles. The van der Waals surface area contributed by atoms with Gasteiger partial charge in [-0.1, -0.05) is 27.5 Å². The van der Waals surface area contributed by atoms with E-state index in [1.807, 2.05) is 31.2 Å². The van der Waals surface area contributed by atoms with Gasteiger partial charge in [0.25, 0.3) is 0 Å². The molecule has 0 aliphatic rings. The Bertz CT molecular complexity index is 718. The van der Waals surface area contributed by atoms with Crippen LogP contribution in [0.5, 0.6) is 0 Å². The summed E-state index contributed by atoms with van der Waals surface area (Å²) in [4.78, 5) is 24.6. The van der Waals surface area contributed by atoms with Crippen molar-refractivity contribution in [3.63, 3.8) is 0 Å². The molecule has 0 fully saturated rings. The van der Waals surface area contributed by atoms with Crippen LogP contribution in [0, 0.1) is 6.92 Å². The summed E-state index contributed by atoms with van der Waals surface area (Å²) < 4.78 is 1.70. The van der Waals surface area contributed by atoms with E-state index in [1.54, 1.807) is 6.07 Å². The van der Waals surface area contributed by atoms with Crippen LogP contribution < -0.4 is 10.6 Å². The van der Waals surface area contributed by atoms with E-state index < -0.39 is 0 Å². The maximum absolute atomic E-state index is 11.8. The highest BCUT2D eigenvalue weighted by atomic mass is 79.9. The second-order valence-electron chi connectivity index (χ2n) is 4.99. The second kappa shape index (κ2) is 8.47. The lowest BCUT2D eigenvalue weighted by Crippen LogP contribution is -2.32. The lowest BCUT2D eigenvalue weighted by molar-refractivity contribution is -0.124. The van der Waals surface area contributed by atoms with E-state index in [9.17, 15) is 9.59 Å². The standard InChI is InChI=1S/C16H16BrClN2O2S/c1-10-8-11(2-5-13(10)17)20-16(22)9-19-15(21)7-4-12-3-6-14(18)23-12/h2-3,5-6,8H,4,7,9H2,1H3,(H,19,21)(H,20,22). The predicted octanol–water partition coefficient (Wildman–Crippen LogP) is 4.16. The number of aryl methyl sites for hydroxylation is 2. The van der Waals surface area contributed by atoms with Crippen LogP contribution in [-0.4, -0.2) is 18.4 Å². The molecular weight excluding hydrogens is 400 g/mol. The summed E-state index contributed by atoms with van der Waals surface area (Å²) in [7, 11) is 0. The number of carbonyl (C=O) groups is 2. The predicted molar refractivity (Wildman–Crippen MR) is 98.2 cm³/mol. The smallest absolute Gasteiger partial charge is 0.243 e. The van der Waals surface area contributed by atoms with Gasteiger partial charge >= 0.3 is 0 Å². The normalized spacial score (nSPS) is 10.4. The van der Waals surface area contributed by atoms with Crippen LogP contribution in [-0.2, 0) is 16.0 Å². The second-order valence-corrected chi connectivity index (χ2v) is 7.65. The summed E-state index contributed by atoms with van der Waals surface area (Å²) in [5.41, 5.74) is 1.74. The Balaban J connectivity index is 1.73. The van der Waals surface area contributed by atoms with Gasteiger partial charge in [-0.3, -0.25) is 9.59 Å². The van der Waals surface area contributed by atoms with E-state index in [-0.39, 0.29) is 18.4 Å². The summed E-state index contributed by atoms with van der Waals surface area (Å²) in [5.74, 6) is -0.407. The van der Waals surface area contributed by atoms with Crippen molar-refractivity contribution in [3.05, 3.63) is 49.6 Å². The number of amides is 2. The molecule has 1 aromatic heterocycles. The summed E-state index contributed by atoms with van der Waals surface area (Å²) in [6, 6.07) is 9.26. The summed E-state index contributed by atoms with van der Waals surface area (Å²) in [6.07, 6.45) is 0.957. The van der Waals surface area contributed by atoms with Crippen molar-refractivity contribution in [1.29, 1.82) is 0 Å². The highest BCUT2D eigenvalue weighted by Crippen LogP contribution is 2.22. The molecule has 2 N–H and O–H groups in total. The van der Waals surface area contributed by atoms with Crippen molar-refractivity contribution >= 4 is 56.4 Å². The number of carbonyl (C=O) groups excluding carboxylic acids is 2. The molecule has 4 nitrogen and oxygen atoms in total. The molecule has 0 atom stereocenters. The molecule has 2 rings (SSSR count). The molecule has 0 saturated heterocycles. The first-order valence-corrected chi connectivity index (χ1v) is 8.99. The number of halogens is 2. The minimum absolute atomic E-state index is 0.0425. The molecule has 1 heterocycles. The fourth-order valence-electron chi connectivity index (χ4n) is 1.92. The third-order valence-electron chi connectivity index (χ3n) is 3.12. The molecule has 1 aromatic carbocycles. The van der Waals surface area contributed by atoms with Gasteiger partial charge in [0, 0.05) is 21.5 Å². The Morgan fingerprint density at radius 3 is 2.65 bits per heavy atom. The van der Waals surface area contributed by atoms with E-state index in [2.05, 4.69) is 26.6 Å². The molecule has 0 unspecified atom stereocenters. The van der Waals surface area contributed by atoms with E-state index in [0.717, 1.165) is 14.9 Å². The largest absolute Gasteiger partial charge is 0.347 e. The molecule has 2 amide bonds. The number of benzene rings is 1. The molecule has 0 aliphatic carbocycles. The lowest BCUT2D eigenvalue weighted by atomic mass is 10.2. The summed E-state index contributed by atoms with van der Waals surface area (Å²) in [5, 5.41) is 5.37. The number of anilines is 1. The first-order chi connectivity index (χ1) is 10.9. The van der Waals surface area contributed by atoms with E-state index >= 15 is 0 Å². The molecule has 0 bridgehead atoms. The van der Waals surface area contributed by atoms with Crippen LogP contribution in [0.15, 0.2) is 34.8 Å². The Hall–Kier alpha value is -1.37. The highest BCUT2D eigenvalue weighted by molar-refractivity contribution is 9.10. The zero-order valence-electron chi connectivity index (χ0n) is 12.5. The van der Waals surface area contributed by atoms with Gasteiger partial charge in [-0.25, -0.2) is 0 Å². The van der Waals surface area contributed by atoms with Crippen LogP contribution in [0.2, 0.25) is 4.34 Å². The minimum Gasteiger partial charge on any atom is -0.347 e. The monoisotopic (exact) mass is 414 g/mol. The van der Waals surface area contributed by atoms with Gasteiger partial charge in [0.2, 0.25) is 11.8 Å². The number of hydrogen-bond acceptors (Lipinski definition) is 3. The van der Waals surface area contributed by atoms with Crippen LogP contribution >= 0.6 is 38.9 Å². The number of thiophene rings is 1. The Labute approximate surface area is 152 Å². The van der Waals surface area contributed by atoms with Crippen molar-refractivity contribution < 1.29 is 9.59 Å². The third-order valence-corrected chi connectivity index (χ3v) is 5.30. The first-order valence-electron chi connectivity index (χ1n) is 7.01. The zero-order chi connectivity index (χ0) is 16.8. The van der Waals surface area contributed by atoms with Crippen LogP contribution in [0.25, 0.3) is 0 Å². The van der Waals surface area contributed by atoms with Crippen LogP contribution in [0.1, 0.15) is 16.9 Å². The topological polar surface area (TPSA) is 58.2 Å². The molecule has 122 valence electrons. The number of rotatable bonds is 6. The van der Waals surface area contributed by atoms with Crippen LogP contribution in [0.4, 0.5) is 5.69 Å². The van der Waals surface area contributed by atoms with Gasteiger partial charge in [-0.05, 0) is 49.2 Å². The molecular formula is C16H16BrClN2O2S. The molecule has 0 aliphatic heterocycles. The molecule has 7 heteroatoms. The van der Waals surface area contributed by atoms with E-state index in [0.29, 0.717) is 22.9 Å². The van der Waals surface area contributed by atoms with Crippen molar-refractivity contribution in [3.8, 4) is 0 Å². The first kappa shape index (κ1) is 18.0. The molecule has 0 radical (unpaired) electrons. The van der Waals surface area contributed by atoms with E-state index in [4.69, 9.17) is 11.6 Å². The number of hydrogen-bond donors (Lipinski definition) is 2. The maximum atomic E-state index is 11.8. The molecule has 2 aromatic rings. The fourth-order valence-corrected chi connectivity index (χ4v) is 3.25. The van der Waals surface area contributed by atoms with Gasteiger partial charge in [0.05, 0.1) is 10.9 Å². The van der Waals surface area contributed by atoms with Gasteiger partial charge in [-0.2, -0.15) is 0 Å². The lowest BCUT2D eigenvalue weighted by Gasteiger charge is -2.08. The highest BCUT2D eigenvalue weighted by Gasteiger charge is 2.08.